The average molecular weight is 175 g/mol. The molecule has 0 aromatic heterocycles. The summed E-state index contributed by atoms with van der Waals surface area (Å²) in [5, 5.41) is 3.22. The lowest BCUT2D eigenvalue weighted by atomic mass is 9.86. The molecule has 0 aliphatic heterocycles. The molecule has 68 valence electrons. The number of azide groups is 1. The molecule has 1 unspecified atom stereocenters. The van der Waals surface area contributed by atoms with Crippen LogP contribution in [0.15, 0.2) is 5.11 Å². The van der Waals surface area contributed by atoms with Gasteiger partial charge in [0.15, 0.2) is 0 Å². The van der Waals surface area contributed by atoms with E-state index in [1.165, 1.54) is 6.92 Å². The largest absolute Gasteiger partial charge is 0.253 e. The van der Waals surface area contributed by atoms with Crippen molar-refractivity contribution in [3.05, 3.63) is 10.4 Å². The topological polar surface area (TPSA) is 48.8 Å². The molecule has 0 spiro atoms. The Bertz CT molecular complexity index is 223. The van der Waals surface area contributed by atoms with Crippen molar-refractivity contribution in [2.24, 2.45) is 10.5 Å². The molecule has 1 fully saturated rings. The van der Waals surface area contributed by atoms with Gasteiger partial charge >= 0.3 is 0 Å². The Kier molecular flexibility index (Phi) is 2.24. The van der Waals surface area contributed by atoms with Crippen LogP contribution in [0.5, 0.6) is 0 Å². The minimum atomic E-state index is -2.67. The van der Waals surface area contributed by atoms with Gasteiger partial charge in [0.2, 0.25) is 0 Å². The highest BCUT2D eigenvalue weighted by Gasteiger charge is 2.52. The molecule has 0 amide bonds. The second kappa shape index (κ2) is 2.90. The molecule has 0 saturated heterocycles. The zero-order chi connectivity index (χ0) is 9.24. The van der Waals surface area contributed by atoms with E-state index in [1.54, 1.807) is 0 Å². The molecule has 1 saturated carbocycles. The maximum absolute atomic E-state index is 13.1. The van der Waals surface area contributed by atoms with E-state index in [1.807, 2.05) is 0 Å². The lowest BCUT2D eigenvalue weighted by Crippen LogP contribution is -2.35. The maximum atomic E-state index is 13.1. The summed E-state index contributed by atoms with van der Waals surface area (Å²) in [7, 11) is 0. The fourth-order valence-electron chi connectivity index (χ4n) is 1.57. The van der Waals surface area contributed by atoms with Crippen molar-refractivity contribution in [3.63, 3.8) is 0 Å². The predicted molar refractivity (Wildman–Crippen MR) is 40.9 cm³/mol. The van der Waals surface area contributed by atoms with E-state index in [9.17, 15) is 8.78 Å². The summed E-state index contributed by atoms with van der Waals surface area (Å²) < 4.78 is 26.3. The summed E-state index contributed by atoms with van der Waals surface area (Å²) in [6.45, 7) is 1.38. The summed E-state index contributed by atoms with van der Waals surface area (Å²) >= 11 is 0. The molecule has 1 aliphatic rings. The van der Waals surface area contributed by atoms with E-state index < -0.39 is 11.3 Å². The Balaban J connectivity index is 2.75. The first kappa shape index (κ1) is 9.26. The molecule has 0 radical (unpaired) electrons. The van der Waals surface area contributed by atoms with Crippen LogP contribution in [0, 0.1) is 5.41 Å². The monoisotopic (exact) mass is 175 g/mol. The maximum Gasteiger partial charge on any atom is 0.253 e. The fourth-order valence-corrected chi connectivity index (χ4v) is 1.57. The van der Waals surface area contributed by atoms with Crippen molar-refractivity contribution in [3.8, 4) is 0 Å². The first-order valence-corrected chi connectivity index (χ1v) is 3.90. The van der Waals surface area contributed by atoms with Crippen LogP contribution in [0.2, 0.25) is 0 Å². The molecule has 3 nitrogen and oxygen atoms in total. The fraction of sp³-hybridized carbons (Fsp3) is 1.00. The second-order valence-electron chi connectivity index (χ2n) is 3.51. The number of alkyl halides is 2. The highest BCUT2D eigenvalue weighted by atomic mass is 19.3. The van der Waals surface area contributed by atoms with Gasteiger partial charge in [-0.2, -0.15) is 0 Å². The quantitative estimate of drug-likeness (QED) is 0.351. The molecule has 1 rings (SSSR count). The Morgan fingerprint density at radius 1 is 1.50 bits per heavy atom. The molecule has 0 aromatic rings. The first-order valence-electron chi connectivity index (χ1n) is 3.90. The first-order chi connectivity index (χ1) is 5.52. The third-order valence-corrected chi connectivity index (χ3v) is 2.59. The summed E-state index contributed by atoms with van der Waals surface area (Å²) in [4.78, 5) is 2.50. The zero-order valence-corrected chi connectivity index (χ0v) is 6.93. The van der Waals surface area contributed by atoms with E-state index >= 15 is 0 Å². The molecule has 1 atom stereocenters. The summed E-state index contributed by atoms with van der Waals surface area (Å²) in [5.74, 6) is -2.67. The summed E-state index contributed by atoms with van der Waals surface area (Å²) in [6.07, 6.45) is 0.883. The molecule has 0 heterocycles. The van der Waals surface area contributed by atoms with E-state index in [4.69, 9.17) is 5.53 Å². The number of hydrogen-bond donors (Lipinski definition) is 0. The van der Waals surface area contributed by atoms with Crippen molar-refractivity contribution < 1.29 is 8.78 Å². The Hall–Kier alpha value is -0.830. The van der Waals surface area contributed by atoms with Crippen LogP contribution >= 0.6 is 0 Å². The van der Waals surface area contributed by atoms with Crippen LogP contribution in [0.3, 0.4) is 0 Å². The number of halogens is 2. The molecule has 0 N–H and O–H groups in total. The van der Waals surface area contributed by atoms with E-state index in [0.717, 1.165) is 0 Å². The minimum Gasteiger partial charge on any atom is -0.206 e. The van der Waals surface area contributed by atoms with Gasteiger partial charge in [0.1, 0.15) is 0 Å². The van der Waals surface area contributed by atoms with Crippen molar-refractivity contribution in [1.82, 2.24) is 0 Å². The Morgan fingerprint density at radius 2 is 2.17 bits per heavy atom. The van der Waals surface area contributed by atoms with Gasteiger partial charge in [-0.1, -0.05) is 12.0 Å². The van der Waals surface area contributed by atoms with Crippen molar-refractivity contribution in [2.45, 2.75) is 32.1 Å². The minimum absolute atomic E-state index is 0.0789. The van der Waals surface area contributed by atoms with Gasteiger partial charge < -0.3 is 0 Å². The lowest BCUT2D eigenvalue weighted by Gasteiger charge is -2.29. The van der Waals surface area contributed by atoms with Crippen LogP contribution in [-0.4, -0.2) is 12.5 Å². The van der Waals surface area contributed by atoms with Crippen LogP contribution in [0.4, 0.5) is 8.78 Å². The lowest BCUT2D eigenvalue weighted by molar-refractivity contribution is -0.0847. The van der Waals surface area contributed by atoms with E-state index in [0.29, 0.717) is 12.8 Å². The molecular weight excluding hydrogens is 164 g/mol. The molecule has 0 aromatic carbocycles. The predicted octanol–water partition coefficient (Wildman–Crippen LogP) is 3.12. The number of rotatable bonds is 2. The third kappa shape index (κ3) is 1.37. The van der Waals surface area contributed by atoms with Gasteiger partial charge in [0, 0.05) is 23.3 Å². The van der Waals surface area contributed by atoms with Gasteiger partial charge in [0.25, 0.3) is 5.92 Å². The Morgan fingerprint density at radius 3 is 2.58 bits per heavy atom. The van der Waals surface area contributed by atoms with Gasteiger partial charge in [-0.3, -0.25) is 0 Å². The molecule has 12 heavy (non-hydrogen) atoms. The van der Waals surface area contributed by atoms with Crippen LogP contribution in [0.1, 0.15) is 26.2 Å². The number of hydrogen-bond acceptors (Lipinski definition) is 1. The summed E-state index contributed by atoms with van der Waals surface area (Å²) in [6, 6.07) is 0. The summed E-state index contributed by atoms with van der Waals surface area (Å²) in [5.41, 5.74) is 6.91. The standard InChI is InChI=1S/C7H11F2N3/c1-6(5-11-12-10)3-2-4-7(6,8)9/h2-5H2,1H3. The zero-order valence-electron chi connectivity index (χ0n) is 6.93. The average Bonchev–Trinajstić information content (AvgIpc) is 2.24. The van der Waals surface area contributed by atoms with E-state index in [-0.39, 0.29) is 13.0 Å². The molecule has 1 aliphatic carbocycles. The number of nitrogens with zero attached hydrogens (tertiary/aromatic N) is 3. The second-order valence-corrected chi connectivity index (χ2v) is 3.51. The molecular formula is C7H11F2N3. The highest BCUT2D eigenvalue weighted by Crippen LogP contribution is 2.50. The van der Waals surface area contributed by atoms with Gasteiger partial charge in [0.05, 0.1) is 0 Å². The van der Waals surface area contributed by atoms with Crippen molar-refractivity contribution in [1.29, 1.82) is 0 Å². The highest BCUT2D eigenvalue weighted by molar-refractivity contribution is 4.96. The van der Waals surface area contributed by atoms with Gasteiger partial charge in [-0.15, -0.1) is 0 Å². The van der Waals surface area contributed by atoms with Gasteiger partial charge in [-0.25, -0.2) is 8.78 Å². The SMILES string of the molecule is CC1(CN=[N+]=[N-])CCCC1(F)F. The normalized spacial score (nSPS) is 32.9. The van der Waals surface area contributed by atoms with E-state index in [2.05, 4.69) is 10.0 Å². The Labute approximate surface area is 69.4 Å². The third-order valence-electron chi connectivity index (χ3n) is 2.59. The van der Waals surface area contributed by atoms with Crippen LogP contribution in [0.25, 0.3) is 10.4 Å². The molecule has 0 bridgehead atoms. The van der Waals surface area contributed by atoms with Crippen LogP contribution in [-0.2, 0) is 0 Å². The molecule has 5 heteroatoms. The van der Waals surface area contributed by atoms with Crippen molar-refractivity contribution in [2.75, 3.05) is 6.54 Å². The van der Waals surface area contributed by atoms with Gasteiger partial charge in [-0.05, 0) is 18.4 Å². The van der Waals surface area contributed by atoms with Crippen molar-refractivity contribution >= 4 is 0 Å². The smallest absolute Gasteiger partial charge is 0.206 e. The van der Waals surface area contributed by atoms with Crippen LogP contribution < -0.4 is 0 Å².